The van der Waals surface area contributed by atoms with Crippen LogP contribution in [0.5, 0.6) is 0 Å². The number of carbonyl (C=O) groups is 1. The van der Waals surface area contributed by atoms with E-state index in [2.05, 4.69) is 27.6 Å². The van der Waals surface area contributed by atoms with Crippen LogP contribution in [0.15, 0.2) is 29.3 Å². The maximum absolute atomic E-state index is 12.5. The number of piperazine rings is 1. The Morgan fingerprint density at radius 1 is 1.22 bits per heavy atom. The van der Waals surface area contributed by atoms with Gasteiger partial charge in [-0.25, -0.2) is 0 Å². The van der Waals surface area contributed by atoms with Crippen LogP contribution in [-0.4, -0.2) is 68.0 Å². The summed E-state index contributed by atoms with van der Waals surface area (Å²) in [6.07, 6.45) is 1.09. The van der Waals surface area contributed by atoms with E-state index in [1.54, 1.807) is 0 Å². The fourth-order valence-electron chi connectivity index (χ4n) is 2.79. The van der Waals surface area contributed by atoms with Crippen LogP contribution in [0.3, 0.4) is 0 Å². The molecule has 1 aromatic rings. The topological polar surface area (TPSA) is 60.0 Å². The van der Waals surface area contributed by atoms with Crippen LogP contribution in [-0.2, 0) is 6.54 Å². The van der Waals surface area contributed by atoms with Crippen LogP contribution < -0.4 is 10.6 Å². The summed E-state index contributed by atoms with van der Waals surface area (Å²) in [4.78, 5) is 21.1. The van der Waals surface area contributed by atoms with Crippen molar-refractivity contribution in [3.05, 3.63) is 35.4 Å². The molecule has 2 heterocycles. The summed E-state index contributed by atoms with van der Waals surface area (Å²) in [7, 11) is 2.09. The van der Waals surface area contributed by atoms with E-state index in [4.69, 9.17) is 0 Å². The molecule has 2 aliphatic heterocycles. The lowest BCUT2D eigenvalue weighted by Gasteiger charge is -2.32. The lowest BCUT2D eigenvalue weighted by atomic mass is 10.1. The predicted molar refractivity (Wildman–Crippen MR) is 91.6 cm³/mol. The van der Waals surface area contributed by atoms with Crippen molar-refractivity contribution in [2.75, 3.05) is 46.3 Å². The molecular weight excluding hydrogens is 290 g/mol. The number of nitrogens with one attached hydrogen (secondary N) is 2. The van der Waals surface area contributed by atoms with E-state index in [-0.39, 0.29) is 5.91 Å². The Labute approximate surface area is 137 Å². The third-order valence-electron chi connectivity index (χ3n) is 4.35. The molecule has 0 unspecified atom stereocenters. The second kappa shape index (κ2) is 7.46. The fourth-order valence-corrected chi connectivity index (χ4v) is 2.79. The van der Waals surface area contributed by atoms with Gasteiger partial charge in [-0.05, 0) is 31.2 Å². The van der Waals surface area contributed by atoms with Gasteiger partial charge in [-0.1, -0.05) is 12.1 Å². The van der Waals surface area contributed by atoms with Crippen molar-refractivity contribution in [3.8, 4) is 0 Å². The molecule has 2 N–H and O–H groups in total. The molecule has 3 rings (SSSR count). The summed E-state index contributed by atoms with van der Waals surface area (Å²) < 4.78 is 0. The molecule has 1 fully saturated rings. The largest absolute Gasteiger partial charge is 0.356 e. The average Bonchev–Trinajstić information content (AvgIpc) is 2.61. The number of hydrogen-bond donors (Lipinski definition) is 2. The molecule has 2 aliphatic rings. The molecule has 0 saturated carbocycles. The van der Waals surface area contributed by atoms with Gasteiger partial charge in [0.25, 0.3) is 5.91 Å². The first-order chi connectivity index (χ1) is 11.2. The third kappa shape index (κ3) is 4.22. The third-order valence-corrected chi connectivity index (χ3v) is 4.35. The van der Waals surface area contributed by atoms with E-state index in [0.29, 0.717) is 0 Å². The molecule has 1 saturated heterocycles. The minimum absolute atomic E-state index is 0.135. The zero-order chi connectivity index (χ0) is 16.1. The second-order valence-electron chi connectivity index (χ2n) is 6.16. The van der Waals surface area contributed by atoms with Crippen LogP contribution >= 0.6 is 0 Å². The standard InChI is InChI=1S/C17H25N5O/c1-21-9-11-22(12-10-21)16(23)15-5-3-14(4-6-15)13-20-17-18-7-2-8-19-17/h3-6H,2,7-13H2,1H3,(H2,18,19,20). The molecule has 0 radical (unpaired) electrons. The van der Waals surface area contributed by atoms with Gasteiger partial charge in [-0.15, -0.1) is 0 Å². The number of benzene rings is 1. The quantitative estimate of drug-likeness (QED) is 0.853. The average molecular weight is 315 g/mol. The minimum Gasteiger partial charge on any atom is -0.356 e. The molecular formula is C17H25N5O. The van der Waals surface area contributed by atoms with Gasteiger partial charge in [0.2, 0.25) is 0 Å². The van der Waals surface area contributed by atoms with Crippen LogP contribution in [0.4, 0.5) is 0 Å². The molecule has 0 aromatic heterocycles. The highest BCUT2D eigenvalue weighted by molar-refractivity contribution is 5.94. The molecule has 6 nitrogen and oxygen atoms in total. The van der Waals surface area contributed by atoms with E-state index in [0.717, 1.165) is 69.3 Å². The van der Waals surface area contributed by atoms with Crippen molar-refractivity contribution in [2.45, 2.75) is 13.0 Å². The molecule has 23 heavy (non-hydrogen) atoms. The Kier molecular flexibility index (Phi) is 5.12. The van der Waals surface area contributed by atoms with Crippen molar-refractivity contribution in [1.82, 2.24) is 20.4 Å². The monoisotopic (exact) mass is 315 g/mol. The van der Waals surface area contributed by atoms with E-state index in [1.165, 1.54) is 0 Å². The molecule has 1 amide bonds. The lowest BCUT2D eigenvalue weighted by Crippen LogP contribution is -2.47. The SMILES string of the molecule is CN1CCN(C(=O)c2ccc(CNC3=NCCCN3)cc2)CC1. The van der Waals surface area contributed by atoms with Gasteiger partial charge in [0.05, 0.1) is 0 Å². The molecule has 6 heteroatoms. The highest BCUT2D eigenvalue weighted by atomic mass is 16.2. The van der Waals surface area contributed by atoms with E-state index >= 15 is 0 Å². The van der Waals surface area contributed by atoms with E-state index < -0.39 is 0 Å². The van der Waals surface area contributed by atoms with Gasteiger partial charge in [-0.2, -0.15) is 0 Å². The highest BCUT2D eigenvalue weighted by Crippen LogP contribution is 2.10. The van der Waals surface area contributed by atoms with Gasteiger partial charge in [0.1, 0.15) is 0 Å². The first-order valence-corrected chi connectivity index (χ1v) is 8.31. The molecule has 0 atom stereocenters. The number of rotatable bonds is 3. The summed E-state index contributed by atoms with van der Waals surface area (Å²) in [5.74, 6) is 1.00. The molecule has 0 spiro atoms. The highest BCUT2D eigenvalue weighted by Gasteiger charge is 2.20. The van der Waals surface area contributed by atoms with Gasteiger partial charge >= 0.3 is 0 Å². The van der Waals surface area contributed by atoms with Crippen LogP contribution in [0.2, 0.25) is 0 Å². The maximum Gasteiger partial charge on any atom is 0.253 e. The zero-order valence-corrected chi connectivity index (χ0v) is 13.7. The number of likely N-dealkylation sites (N-methyl/N-ethyl adjacent to an activating group) is 1. The fraction of sp³-hybridized carbons (Fsp3) is 0.529. The number of guanidine groups is 1. The number of amides is 1. The summed E-state index contributed by atoms with van der Waals surface area (Å²) >= 11 is 0. The number of carbonyl (C=O) groups excluding carboxylic acids is 1. The van der Waals surface area contributed by atoms with Crippen LogP contribution in [0.1, 0.15) is 22.3 Å². The number of nitrogens with zero attached hydrogens (tertiary/aromatic N) is 3. The summed E-state index contributed by atoms with van der Waals surface area (Å²) in [5.41, 5.74) is 1.92. The molecule has 0 bridgehead atoms. The Bertz CT molecular complexity index is 561. The Hall–Kier alpha value is -2.08. The van der Waals surface area contributed by atoms with Crippen molar-refractivity contribution in [2.24, 2.45) is 4.99 Å². The van der Waals surface area contributed by atoms with Gasteiger partial charge in [0.15, 0.2) is 5.96 Å². The second-order valence-corrected chi connectivity index (χ2v) is 6.16. The zero-order valence-electron chi connectivity index (χ0n) is 13.7. The summed E-state index contributed by atoms with van der Waals surface area (Å²) in [5, 5.41) is 6.53. The first kappa shape index (κ1) is 15.8. The predicted octanol–water partition coefficient (Wildman–Crippen LogP) is 0.513. The van der Waals surface area contributed by atoms with Crippen LogP contribution in [0, 0.1) is 0 Å². The van der Waals surface area contributed by atoms with Crippen molar-refractivity contribution in [1.29, 1.82) is 0 Å². The van der Waals surface area contributed by atoms with Crippen molar-refractivity contribution >= 4 is 11.9 Å². The lowest BCUT2D eigenvalue weighted by molar-refractivity contribution is 0.0664. The van der Waals surface area contributed by atoms with Gasteiger partial charge < -0.3 is 20.4 Å². The Morgan fingerprint density at radius 3 is 2.61 bits per heavy atom. The summed E-state index contributed by atoms with van der Waals surface area (Å²) in [6, 6.07) is 7.88. The van der Waals surface area contributed by atoms with Crippen molar-refractivity contribution < 1.29 is 4.79 Å². The van der Waals surface area contributed by atoms with E-state index in [1.807, 2.05) is 29.2 Å². The molecule has 0 aliphatic carbocycles. The van der Waals surface area contributed by atoms with Gasteiger partial charge in [-0.3, -0.25) is 9.79 Å². The van der Waals surface area contributed by atoms with E-state index in [9.17, 15) is 4.79 Å². The normalized spacial score (nSPS) is 19.0. The Balaban J connectivity index is 1.54. The molecule has 124 valence electrons. The summed E-state index contributed by atoms with van der Waals surface area (Å²) in [6.45, 7) is 6.09. The van der Waals surface area contributed by atoms with Crippen molar-refractivity contribution in [3.63, 3.8) is 0 Å². The first-order valence-electron chi connectivity index (χ1n) is 8.31. The number of aliphatic imine (C=N–C) groups is 1. The minimum atomic E-state index is 0.135. The van der Waals surface area contributed by atoms with Crippen LogP contribution in [0.25, 0.3) is 0 Å². The van der Waals surface area contributed by atoms with Gasteiger partial charge in [0, 0.05) is 51.4 Å². The number of hydrogen-bond acceptors (Lipinski definition) is 5. The smallest absolute Gasteiger partial charge is 0.253 e. The molecule has 1 aromatic carbocycles. The maximum atomic E-state index is 12.5. The Morgan fingerprint density at radius 2 is 1.96 bits per heavy atom.